The van der Waals surface area contributed by atoms with Gasteiger partial charge in [-0.1, -0.05) is 23.2 Å². The number of amides is 2. The number of carbonyl (C=O) groups is 3. The fourth-order valence-electron chi connectivity index (χ4n) is 5.25. The van der Waals surface area contributed by atoms with Crippen molar-refractivity contribution in [3.63, 3.8) is 0 Å². The molecule has 4 rings (SSSR count). The highest BCUT2D eigenvalue weighted by atomic mass is 35.5. The Morgan fingerprint density at radius 1 is 1.10 bits per heavy atom. The molecule has 3 heterocycles. The summed E-state index contributed by atoms with van der Waals surface area (Å²) in [7, 11) is 0. The van der Waals surface area contributed by atoms with Gasteiger partial charge in [-0.2, -0.15) is 13.2 Å². The van der Waals surface area contributed by atoms with E-state index in [-0.39, 0.29) is 51.8 Å². The van der Waals surface area contributed by atoms with E-state index in [1.165, 1.54) is 24.4 Å². The standard InChI is InChI=1S/C27H29Cl2F3N4O5/c1-26(2,41-21-7-15(8-23(37)38)19(28)11-20(21)29)25(40)35-16-9-17-4-5-18(10-16)36(17)22-6-3-14(12-33-22)24(39)34-13-27(30,31)32/h3,6-7,11-12,16-18H,4-5,8-10,13H2,1-2H3,(H,34,39)(H,35,40)(H,37,38)/t16-,17+,18-. The van der Waals surface area contributed by atoms with E-state index in [1.54, 1.807) is 19.9 Å². The van der Waals surface area contributed by atoms with E-state index >= 15 is 0 Å². The third kappa shape index (κ3) is 7.53. The number of benzene rings is 1. The fourth-order valence-corrected chi connectivity index (χ4v) is 5.74. The van der Waals surface area contributed by atoms with Crippen LogP contribution < -0.4 is 20.3 Å². The third-order valence-electron chi connectivity index (χ3n) is 7.15. The zero-order valence-corrected chi connectivity index (χ0v) is 23.7. The van der Waals surface area contributed by atoms with Crippen LogP contribution in [0.5, 0.6) is 5.75 Å². The van der Waals surface area contributed by atoms with E-state index in [0.717, 1.165) is 12.8 Å². The van der Waals surface area contributed by atoms with Crippen molar-refractivity contribution in [2.75, 3.05) is 11.4 Å². The van der Waals surface area contributed by atoms with E-state index in [0.29, 0.717) is 24.2 Å². The van der Waals surface area contributed by atoms with Crippen molar-refractivity contribution in [3.8, 4) is 5.75 Å². The first-order chi connectivity index (χ1) is 19.1. The molecule has 1 aromatic carbocycles. The number of aromatic nitrogens is 1. The van der Waals surface area contributed by atoms with Gasteiger partial charge in [0.2, 0.25) is 0 Å². The quantitative estimate of drug-likeness (QED) is 0.371. The average Bonchev–Trinajstić information content (AvgIpc) is 3.14. The number of alkyl halides is 3. The Bertz CT molecular complexity index is 1310. The molecule has 0 radical (unpaired) electrons. The Morgan fingerprint density at radius 2 is 1.76 bits per heavy atom. The van der Waals surface area contributed by atoms with Crippen LogP contribution in [0.3, 0.4) is 0 Å². The number of rotatable bonds is 9. The number of halogens is 5. The molecular formula is C27H29Cl2F3N4O5. The number of fused-ring (bicyclic) bond motifs is 2. The van der Waals surface area contributed by atoms with Crippen molar-refractivity contribution in [1.82, 2.24) is 15.6 Å². The molecule has 1 aromatic heterocycles. The van der Waals surface area contributed by atoms with E-state index < -0.39 is 30.2 Å². The summed E-state index contributed by atoms with van der Waals surface area (Å²) >= 11 is 12.4. The van der Waals surface area contributed by atoms with Gasteiger partial charge in [0.25, 0.3) is 11.8 Å². The first-order valence-electron chi connectivity index (χ1n) is 12.9. The van der Waals surface area contributed by atoms with Crippen LogP contribution in [0.2, 0.25) is 10.0 Å². The van der Waals surface area contributed by atoms with Crippen LogP contribution in [0, 0.1) is 0 Å². The number of nitrogens with one attached hydrogen (secondary N) is 2. The highest BCUT2D eigenvalue weighted by Gasteiger charge is 2.43. The number of nitrogens with zero attached hydrogens (tertiary/aromatic N) is 2. The molecule has 2 bridgehead atoms. The highest BCUT2D eigenvalue weighted by Crippen LogP contribution is 2.39. The van der Waals surface area contributed by atoms with Crippen LogP contribution in [-0.2, 0) is 16.0 Å². The largest absolute Gasteiger partial charge is 0.481 e. The number of anilines is 1. The number of pyridine rings is 1. The van der Waals surface area contributed by atoms with Gasteiger partial charge in [-0.25, -0.2) is 4.98 Å². The van der Waals surface area contributed by atoms with Crippen molar-refractivity contribution in [2.24, 2.45) is 0 Å². The summed E-state index contributed by atoms with van der Waals surface area (Å²) < 4.78 is 43.1. The Balaban J connectivity index is 1.37. The van der Waals surface area contributed by atoms with Crippen LogP contribution in [0.25, 0.3) is 0 Å². The maximum Gasteiger partial charge on any atom is 0.405 e. The average molecular weight is 617 g/mol. The molecule has 3 N–H and O–H groups in total. The molecule has 3 atom stereocenters. The Hall–Kier alpha value is -3.25. The van der Waals surface area contributed by atoms with Gasteiger partial charge in [-0.15, -0.1) is 0 Å². The zero-order chi connectivity index (χ0) is 30.1. The minimum atomic E-state index is -4.50. The highest BCUT2D eigenvalue weighted by molar-refractivity contribution is 6.36. The molecule has 9 nitrogen and oxygen atoms in total. The third-order valence-corrected chi connectivity index (χ3v) is 7.79. The van der Waals surface area contributed by atoms with E-state index in [4.69, 9.17) is 33.0 Å². The fraction of sp³-hybridized carbons (Fsp3) is 0.481. The summed E-state index contributed by atoms with van der Waals surface area (Å²) in [5, 5.41) is 14.3. The molecule has 41 heavy (non-hydrogen) atoms. The zero-order valence-electron chi connectivity index (χ0n) is 22.2. The van der Waals surface area contributed by atoms with Crippen molar-refractivity contribution >= 4 is 46.8 Å². The Kier molecular flexibility index (Phi) is 8.93. The van der Waals surface area contributed by atoms with E-state index in [1.807, 2.05) is 5.32 Å². The maximum absolute atomic E-state index is 13.2. The monoisotopic (exact) mass is 616 g/mol. The number of ether oxygens (including phenoxy) is 1. The number of hydrogen-bond acceptors (Lipinski definition) is 6. The van der Waals surface area contributed by atoms with Crippen LogP contribution in [0.15, 0.2) is 30.5 Å². The second-order valence-electron chi connectivity index (χ2n) is 10.7. The lowest BCUT2D eigenvalue weighted by molar-refractivity contribution is -0.136. The van der Waals surface area contributed by atoms with Gasteiger partial charge in [0.05, 0.1) is 17.0 Å². The van der Waals surface area contributed by atoms with Crippen molar-refractivity contribution in [1.29, 1.82) is 0 Å². The predicted molar refractivity (Wildman–Crippen MR) is 146 cm³/mol. The molecule has 0 saturated carbocycles. The smallest absolute Gasteiger partial charge is 0.405 e. The molecule has 0 aliphatic carbocycles. The first kappa shape index (κ1) is 30.7. The van der Waals surface area contributed by atoms with Gasteiger partial charge < -0.3 is 25.4 Å². The molecule has 2 aliphatic rings. The molecule has 2 aromatic rings. The van der Waals surface area contributed by atoms with Crippen LogP contribution in [0.1, 0.15) is 55.5 Å². The van der Waals surface area contributed by atoms with Gasteiger partial charge in [-0.05, 0) is 69.4 Å². The van der Waals surface area contributed by atoms with Crippen LogP contribution in [0.4, 0.5) is 19.0 Å². The molecule has 0 spiro atoms. The van der Waals surface area contributed by atoms with Gasteiger partial charge in [-0.3, -0.25) is 14.4 Å². The van der Waals surface area contributed by atoms with Crippen molar-refractivity contribution in [2.45, 2.75) is 75.9 Å². The lowest BCUT2D eigenvalue weighted by Gasteiger charge is -2.40. The molecule has 222 valence electrons. The predicted octanol–water partition coefficient (Wildman–Crippen LogP) is 4.78. The number of carboxylic acid groups (broad SMARTS) is 1. The maximum atomic E-state index is 13.2. The van der Waals surface area contributed by atoms with Crippen LogP contribution in [-0.4, -0.2) is 64.3 Å². The van der Waals surface area contributed by atoms with Gasteiger partial charge >= 0.3 is 12.1 Å². The number of hydrogen-bond donors (Lipinski definition) is 3. The molecule has 14 heteroatoms. The number of carbonyl (C=O) groups excluding carboxylic acids is 2. The summed E-state index contributed by atoms with van der Waals surface area (Å²) in [6.07, 6.45) is -0.548. The molecule has 0 unspecified atom stereocenters. The first-order valence-corrected chi connectivity index (χ1v) is 13.7. The van der Waals surface area contributed by atoms with E-state index in [2.05, 4.69) is 15.2 Å². The van der Waals surface area contributed by atoms with Crippen molar-refractivity contribution < 1.29 is 37.4 Å². The number of piperidine rings is 1. The minimum absolute atomic E-state index is 0.0330. The minimum Gasteiger partial charge on any atom is -0.481 e. The van der Waals surface area contributed by atoms with Gasteiger partial charge in [0, 0.05) is 29.3 Å². The summed E-state index contributed by atoms with van der Waals surface area (Å²) in [5.74, 6) is -1.53. The van der Waals surface area contributed by atoms with Gasteiger partial charge in [0.1, 0.15) is 18.1 Å². The second-order valence-corrected chi connectivity index (χ2v) is 11.5. The molecule has 2 aliphatic heterocycles. The SMILES string of the molecule is CC(C)(Oc1cc(CC(=O)O)c(Cl)cc1Cl)C(=O)N[C@H]1C[C@H]2CC[C@@H](C1)N2c1ccc(C(=O)NCC(F)(F)F)cn1. The lowest BCUT2D eigenvalue weighted by Crippen LogP contribution is -2.55. The summed E-state index contributed by atoms with van der Waals surface area (Å²) in [6.45, 7) is 1.76. The number of aliphatic carboxylic acids is 1. The molecule has 2 saturated heterocycles. The van der Waals surface area contributed by atoms with E-state index in [9.17, 15) is 27.6 Å². The van der Waals surface area contributed by atoms with Crippen LogP contribution >= 0.6 is 23.2 Å². The van der Waals surface area contributed by atoms with Gasteiger partial charge in [0.15, 0.2) is 5.60 Å². The second kappa shape index (κ2) is 11.9. The Labute approximate surface area is 244 Å². The molecular weight excluding hydrogens is 588 g/mol. The topological polar surface area (TPSA) is 121 Å². The number of carboxylic acids is 1. The van der Waals surface area contributed by atoms with Crippen molar-refractivity contribution in [3.05, 3.63) is 51.6 Å². The lowest BCUT2D eigenvalue weighted by atomic mass is 9.96. The summed E-state index contributed by atoms with van der Waals surface area (Å²) in [4.78, 5) is 42.9. The molecule has 2 amide bonds. The normalized spacial score (nSPS) is 20.5. The molecule has 2 fully saturated rings. The summed E-state index contributed by atoms with van der Waals surface area (Å²) in [6, 6.07) is 5.88. The Morgan fingerprint density at radius 3 is 2.32 bits per heavy atom. The summed E-state index contributed by atoms with van der Waals surface area (Å²) in [5.41, 5.74) is -0.994.